The Morgan fingerprint density at radius 3 is 2.28 bits per heavy atom. The predicted molar refractivity (Wildman–Crippen MR) is 133 cm³/mol. The Balaban J connectivity index is 0.00000110. The maximum atomic E-state index is 13.4. The highest BCUT2D eigenvalue weighted by molar-refractivity contribution is 5.70. The second-order valence-corrected chi connectivity index (χ2v) is 10.8. The van der Waals surface area contributed by atoms with Gasteiger partial charge in [-0.05, 0) is 66.6 Å². The topological polar surface area (TPSA) is 49.8 Å². The molecule has 2 atom stereocenters. The molecule has 5 rings (SSSR count). The first kappa shape index (κ1) is 29.2. The van der Waals surface area contributed by atoms with E-state index in [9.17, 15) is 36.2 Å². The molecule has 3 aliphatic rings. The first-order valence-electron chi connectivity index (χ1n) is 13.3. The van der Waals surface area contributed by atoms with Crippen molar-refractivity contribution in [3.05, 3.63) is 64.2 Å². The largest absolute Gasteiger partial charge is 0.490 e. The van der Waals surface area contributed by atoms with Crippen LogP contribution < -0.4 is 4.74 Å². The number of likely N-dealkylation sites (tertiary alicyclic amines) is 1. The predicted octanol–water partition coefficient (Wildman–Crippen LogP) is 7.37. The van der Waals surface area contributed by atoms with Crippen LogP contribution in [0.4, 0.5) is 26.3 Å². The smallest absolute Gasteiger partial charge is 0.416 e. The van der Waals surface area contributed by atoms with Crippen LogP contribution in [0.5, 0.6) is 5.75 Å². The average Bonchev–Trinajstić information content (AvgIpc) is 3.70. The number of carboxylic acid groups (broad SMARTS) is 1. The molecule has 10 heteroatoms. The summed E-state index contributed by atoms with van der Waals surface area (Å²) >= 11 is 0. The molecule has 1 N–H and O–H groups in total. The van der Waals surface area contributed by atoms with Gasteiger partial charge in [0, 0.05) is 25.6 Å². The molecular formula is C29H33F6NO3. The fourth-order valence-electron chi connectivity index (χ4n) is 4.92. The van der Waals surface area contributed by atoms with Gasteiger partial charge in [-0.3, -0.25) is 9.69 Å². The Bertz CT molecular complexity index is 1150. The number of benzene rings is 2. The Labute approximate surface area is 224 Å². The highest BCUT2D eigenvalue weighted by atomic mass is 19.4. The maximum Gasteiger partial charge on any atom is 0.416 e. The summed E-state index contributed by atoms with van der Waals surface area (Å²) in [5, 5.41) is 9.17. The molecule has 0 aromatic heterocycles. The van der Waals surface area contributed by atoms with Crippen molar-refractivity contribution in [3.8, 4) is 5.75 Å². The molecule has 0 bridgehead atoms. The van der Waals surface area contributed by atoms with E-state index in [0.717, 1.165) is 30.4 Å². The Hall–Kier alpha value is -2.75. The number of halogens is 6. The summed E-state index contributed by atoms with van der Waals surface area (Å²) in [7, 11) is 0. The van der Waals surface area contributed by atoms with Crippen molar-refractivity contribution >= 4 is 5.97 Å². The van der Waals surface area contributed by atoms with Crippen LogP contribution >= 0.6 is 0 Å². The molecule has 2 aromatic rings. The van der Waals surface area contributed by atoms with Gasteiger partial charge in [-0.2, -0.15) is 26.3 Å². The lowest BCUT2D eigenvalue weighted by Gasteiger charge is -2.43. The number of hydrogen-bond acceptors (Lipinski definition) is 3. The minimum Gasteiger partial charge on any atom is -0.490 e. The van der Waals surface area contributed by atoms with E-state index in [0.29, 0.717) is 43.5 Å². The normalized spacial score (nSPS) is 20.4. The standard InChI is InChI=1S/C26H27F6NO3.C3H6/c1-15(24(34)35)9-16-5-6-17-3-2-4-22(36-23(17)10-16)19-13-33(14-19)12-18-11-20(25(27,28)29)7-8-21(18)26(30,31)32;1-2-3-1/h5-8,10-11,15,19,22H,2-4,9,12-14H2,1H3,(H,34,35);1-3H2. The van der Waals surface area contributed by atoms with Gasteiger partial charge >= 0.3 is 18.3 Å². The number of nitrogens with zero attached hydrogens (tertiary/aromatic N) is 1. The van der Waals surface area contributed by atoms with Gasteiger partial charge in [-0.1, -0.05) is 38.3 Å². The van der Waals surface area contributed by atoms with E-state index >= 15 is 0 Å². The first-order chi connectivity index (χ1) is 18.3. The lowest BCUT2D eigenvalue weighted by molar-refractivity contribution is -0.142. The molecule has 4 nitrogen and oxygen atoms in total. The number of rotatable bonds is 6. The molecule has 0 spiro atoms. The van der Waals surface area contributed by atoms with Gasteiger partial charge in [0.25, 0.3) is 0 Å². The number of aryl methyl sites for hydroxylation is 1. The third-order valence-corrected chi connectivity index (χ3v) is 7.30. The highest BCUT2D eigenvalue weighted by Gasteiger charge is 2.40. The van der Waals surface area contributed by atoms with Gasteiger partial charge in [0.1, 0.15) is 11.9 Å². The van der Waals surface area contributed by atoms with E-state index in [1.54, 1.807) is 11.8 Å². The van der Waals surface area contributed by atoms with E-state index in [2.05, 4.69) is 0 Å². The molecule has 0 radical (unpaired) electrons. The monoisotopic (exact) mass is 557 g/mol. The van der Waals surface area contributed by atoms with Crippen molar-refractivity contribution in [2.24, 2.45) is 11.8 Å². The van der Waals surface area contributed by atoms with Crippen molar-refractivity contribution in [1.82, 2.24) is 4.90 Å². The molecule has 214 valence electrons. The van der Waals surface area contributed by atoms with E-state index in [4.69, 9.17) is 4.74 Å². The number of carbonyl (C=O) groups is 1. The highest BCUT2D eigenvalue weighted by Crippen LogP contribution is 2.39. The van der Waals surface area contributed by atoms with E-state index in [1.807, 2.05) is 18.2 Å². The molecule has 0 amide bonds. The van der Waals surface area contributed by atoms with Crippen LogP contribution in [0.15, 0.2) is 36.4 Å². The number of alkyl halides is 6. The second kappa shape index (κ2) is 11.8. The minimum atomic E-state index is -4.74. The fourth-order valence-corrected chi connectivity index (χ4v) is 4.92. The Morgan fingerprint density at radius 1 is 1.00 bits per heavy atom. The lowest BCUT2D eigenvalue weighted by Crippen LogP contribution is -2.52. The maximum absolute atomic E-state index is 13.4. The van der Waals surface area contributed by atoms with Crippen molar-refractivity contribution in [3.63, 3.8) is 0 Å². The van der Waals surface area contributed by atoms with Gasteiger partial charge in [0.05, 0.1) is 17.0 Å². The lowest BCUT2D eigenvalue weighted by atomic mass is 9.89. The molecule has 39 heavy (non-hydrogen) atoms. The Morgan fingerprint density at radius 2 is 1.69 bits per heavy atom. The van der Waals surface area contributed by atoms with Crippen molar-refractivity contribution in [2.75, 3.05) is 13.1 Å². The van der Waals surface area contributed by atoms with Gasteiger partial charge in [0.2, 0.25) is 0 Å². The summed E-state index contributed by atoms with van der Waals surface area (Å²) in [6.45, 7) is 2.25. The molecule has 2 unspecified atom stereocenters. The van der Waals surface area contributed by atoms with E-state index < -0.39 is 35.4 Å². The van der Waals surface area contributed by atoms with Crippen LogP contribution in [0.2, 0.25) is 0 Å². The summed E-state index contributed by atoms with van der Waals surface area (Å²) < 4.78 is 85.8. The number of carboxylic acids is 1. The number of ether oxygens (including phenoxy) is 1. The third-order valence-electron chi connectivity index (χ3n) is 7.30. The molecule has 2 aliphatic heterocycles. The SMILES string of the molecule is C1CC1.CC(Cc1ccc2c(c1)OC(C1CN(Cc3cc(C(F)(F)F)ccc3C(F)(F)F)C1)CCC2)C(=O)O. The molecule has 2 aromatic carbocycles. The Kier molecular flexibility index (Phi) is 8.83. The summed E-state index contributed by atoms with van der Waals surface area (Å²) in [6, 6.07) is 7.27. The van der Waals surface area contributed by atoms with Crippen LogP contribution in [0, 0.1) is 11.8 Å². The number of fused-ring (bicyclic) bond motifs is 1. The summed E-state index contributed by atoms with van der Waals surface area (Å²) in [6.07, 6.45) is -2.34. The summed E-state index contributed by atoms with van der Waals surface area (Å²) in [5.41, 5.74) is -0.663. The first-order valence-corrected chi connectivity index (χ1v) is 13.3. The van der Waals surface area contributed by atoms with Crippen LogP contribution in [0.1, 0.15) is 66.8 Å². The minimum absolute atomic E-state index is 0.0395. The molecule has 1 saturated heterocycles. The average molecular weight is 558 g/mol. The molecule has 1 aliphatic carbocycles. The number of hydrogen-bond donors (Lipinski definition) is 1. The molecule has 2 fully saturated rings. The van der Waals surface area contributed by atoms with E-state index in [-0.39, 0.29) is 24.1 Å². The van der Waals surface area contributed by atoms with Crippen molar-refractivity contribution in [2.45, 2.75) is 76.9 Å². The van der Waals surface area contributed by atoms with Crippen molar-refractivity contribution < 1.29 is 41.0 Å². The summed E-state index contributed by atoms with van der Waals surface area (Å²) in [5.74, 6) is -0.684. The van der Waals surface area contributed by atoms with Crippen LogP contribution in [-0.2, 0) is 36.5 Å². The molecular weight excluding hydrogens is 524 g/mol. The van der Waals surface area contributed by atoms with Gasteiger partial charge < -0.3 is 9.84 Å². The molecule has 2 heterocycles. The van der Waals surface area contributed by atoms with Crippen LogP contribution in [0.25, 0.3) is 0 Å². The van der Waals surface area contributed by atoms with Gasteiger partial charge in [0.15, 0.2) is 0 Å². The zero-order valence-electron chi connectivity index (χ0n) is 21.7. The quantitative estimate of drug-likeness (QED) is 0.377. The van der Waals surface area contributed by atoms with Crippen LogP contribution in [0.3, 0.4) is 0 Å². The fraction of sp³-hybridized carbons (Fsp3) is 0.552. The van der Waals surface area contributed by atoms with Gasteiger partial charge in [-0.15, -0.1) is 0 Å². The number of aliphatic carboxylic acids is 1. The zero-order chi connectivity index (χ0) is 28.4. The summed E-state index contributed by atoms with van der Waals surface area (Å²) in [4.78, 5) is 12.9. The third kappa shape index (κ3) is 7.90. The second-order valence-electron chi connectivity index (χ2n) is 10.8. The van der Waals surface area contributed by atoms with Gasteiger partial charge in [-0.25, -0.2) is 0 Å². The van der Waals surface area contributed by atoms with Crippen LogP contribution in [-0.4, -0.2) is 35.2 Å². The van der Waals surface area contributed by atoms with Crippen molar-refractivity contribution in [1.29, 1.82) is 0 Å². The zero-order valence-corrected chi connectivity index (χ0v) is 21.7. The van der Waals surface area contributed by atoms with E-state index in [1.165, 1.54) is 19.3 Å². The molecule has 1 saturated carbocycles.